The van der Waals surface area contributed by atoms with Crippen molar-refractivity contribution in [2.75, 3.05) is 5.32 Å². The van der Waals surface area contributed by atoms with Crippen LogP contribution in [0.15, 0.2) is 54.7 Å². The van der Waals surface area contributed by atoms with Gasteiger partial charge in [-0.3, -0.25) is 9.89 Å². The Morgan fingerprint density at radius 2 is 1.88 bits per heavy atom. The Balaban J connectivity index is 1.77. The van der Waals surface area contributed by atoms with Crippen molar-refractivity contribution in [3.8, 4) is 11.3 Å². The lowest BCUT2D eigenvalue weighted by molar-refractivity contribution is 0.0771. The minimum absolute atomic E-state index is 0.361. The smallest absolute Gasteiger partial charge is 0.247 e. The molecule has 1 amide bonds. The minimum atomic E-state index is -0.850. The molecular formula is C17H12ClN4O2-. The molecule has 1 aromatic heterocycles. The molecule has 120 valence electrons. The topological polar surface area (TPSA) is 84.1 Å². The van der Waals surface area contributed by atoms with Crippen LogP contribution >= 0.6 is 11.6 Å². The van der Waals surface area contributed by atoms with Gasteiger partial charge in [0.2, 0.25) is 5.91 Å². The van der Waals surface area contributed by atoms with Crippen LogP contribution in [0.25, 0.3) is 11.3 Å². The van der Waals surface area contributed by atoms with Crippen molar-refractivity contribution < 1.29 is 4.79 Å². The number of amides is 1. The van der Waals surface area contributed by atoms with Crippen molar-refractivity contribution in [3.63, 3.8) is 0 Å². The number of H-pyrrole nitrogens is 1. The van der Waals surface area contributed by atoms with E-state index >= 15 is 0 Å². The first kappa shape index (κ1) is 14.7. The SMILES string of the molecule is O=C1c2ccccc2NC(c2cn[nH]c2-c2ccc(Cl)cc2)N1[O-]. The second-order valence-electron chi connectivity index (χ2n) is 5.43. The number of carbonyl (C=O) groups excluding carboxylic acids is 1. The number of anilines is 1. The zero-order valence-corrected chi connectivity index (χ0v) is 13.1. The average molecular weight is 340 g/mol. The number of halogens is 1. The number of hydrogen-bond acceptors (Lipinski definition) is 4. The molecule has 2 heterocycles. The molecule has 3 aromatic rings. The van der Waals surface area contributed by atoms with Gasteiger partial charge in [0, 0.05) is 21.8 Å². The van der Waals surface area contributed by atoms with Crippen LogP contribution in [-0.2, 0) is 0 Å². The number of para-hydroxylation sites is 1. The maximum atomic E-state index is 12.5. The van der Waals surface area contributed by atoms with Gasteiger partial charge in [0.25, 0.3) is 0 Å². The first-order valence-electron chi connectivity index (χ1n) is 7.30. The Morgan fingerprint density at radius 1 is 1.12 bits per heavy atom. The number of benzene rings is 2. The Kier molecular flexibility index (Phi) is 3.48. The molecule has 6 nitrogen and oxygen atoms in total. The summed E-state index contributed by atoms with van der Waals surface area (Å²) < 4.78 is 0. The molecule has 1 atom stereocenters. The number of hydrogen-bond donors (Lipinski definition) is 2. The summed E-state index contributed by atoms with van der Waals surface area (Å²) in [5.74, 6) is -0.572. The number of nitrogens with zero attached hydrogens (tertiary/aromatic N) is 2. The highest BCUT2D eigenvalue weighted by Gasteiger charge is 2.29. The third-order valence-corrected chi connectivity index (χ3v) is 4.23. The highest BCUT2D eigenvalue weighted by molar-refractivity contribution is 6.30. The van der Waals surface area contributed by atoms with Crippen LogP contribution in [0.4, 0.5) is 5.69 Å². The first-order chi connectivity index (χ1) is 11.6. The van der Waals surface area contributed by atoms with Crippen LogP contribution in [0.5, 0.6) is 0 Å². The summed E-state index contributed by atoms with van der Waals surface area (Å²) in [7, 11) is 0. The van der Waals surface area contributed by atoms with Gasteiger partial charge >= 0.3 is 0 Å². The molecule has 0 bridgehead atoms. The van der Waals surface area contributed by atoms with Gasteiger partial charge in [-0.15, -0.1) is 0 Å². The van der Waals surface area contributed by atoms with Crippen molar-refractivity contribution in [2.24, 2.45) is 0 Å². The quantitative estimate of drug-likeness (QED) is 0.743. The number of hydroxylamine groups is 2. The van der Waals surface area contributed by atoms with Gasteiger partial charge in [-0.25, -0.2) is 0 Å². The molecule has 0 spiro atoms. The van der Waals surface area contributed by atoms with E-state index in [4.69, 9.17) is 11.6 Å². The third-order valence-electron chi connectivity index (χ3n) is 3.98. The number of carbonyl (C=O) groups is 1. The summed E-state index contributed by atoms with van der Waals surface area (Å²) in [6.45, 7) is 0. The molecular weight excluding hydrogens is 328 g/mol. The van der Waals surface area contributed by atoms with Crippen LogP contribution in [0, 0.1) is 5.21 Å². The summed E-state index contributed by atoms with van der Waals surface area (Å²) in [4.78, 5) is 12.3. The van der Waals surface area contributed by atoms with Gasteiger partial charge in [0.05, 0.1) is 17.5 Å². The van der Waals surface area contributed by atoms with Crippen molar-refractivity contribution in [2.45, 2.75) is 6.17 Å². The Labute approximate surface area is 142 Å². The predicted octanol–water partition coefficient (Wildman–Crippen LogP) is 3.79. The molecule has 2 N–H and O–H groups in total. The van der Waals surface area contributed by atoms with E-state index in [0.29, 0.717) is 32.6 Å². The van der Waals surface area contributed by atoms with Gasteiger partial charge in [-0.05, 0) is 24.3 Å². The highest BCUT2D eigenvalue weighted by atomic mass is 35.5. The standard InChI is InChI=1S/C17H12ClN4O2/c18-11-7-5-10(6-8-11)15-13(9-19-21-15)16-20-14-4-2-1-3-12(14)17(23)22(16)24/h1-9,16,20H,(H,19,21)/q-1. The van der Waals surface area contributed by atoms with E-state index in [-0.39, 0.29) is 0 Å². The maximum Gasteiger partial charge on any atom is 0.247 e. The van der Waals surface area contributed by atoms with Crippen molar-refractivity contribution >= 4 is 23.2 Å². The lowest BCUT2D eigenvalue weighted by atomic mass is 10.0. The van der Waals surface area contributed by atoms with E-state index in [0.717, 1.165) is 5.56 Å². The lowest BCUT2D eigenvalue weighted by Crippen LogP contribution is -2.39. The second kappa shape index (κ2) is 5.67. The Morgan fingerprint density at radius 3 is 2.67 bits per heavy atom. The molecule has 1 unspecified atom stereocenters. The summed E-state index contributed by atoms with van der Waals surface area (Å²) >= 11 is 5.92. The van der Waals surface area contributed by atoms with E-state index in [9.17, 15) is 10.0 Å². The van der Waals surface area contributed by atoms with E-state index < -0.39 is 12.1 Å². The number of rotatable bonds is 2. The molecule has 24 heavy (non-hydrogen) atoms. The number of nitrogens with one attached hydrogen (secondary N) is 2. The zero-order valence-electron chi connectivity index (χ0n) is 12.4. The molecule has 0 radical (unpaired) electrons. The number of fused-ring (bicyclic) bond motifs is 1. The summed E-state index contributed by atoms with van der Waals surface area (Å²) in [6.07, 6.45) is 0.699. The van der Waals surface area contributed by atoms with Crippen molar-refractivity contribution in [3.05, 3.63) is 76.1 Å². The van der Waals surface area contributed by atoms with E-state index in [1.165, 1.54) is 0 Å². The molecule has 4 rings (SSSR count). The monoisotopic (exact) mass is 339 g/mol. The molecule has 0 aliphatic carbocycles. The van der Waals surface area contributed by atoms with Crippen molar-refractivity contribution in [1.82, 2.24) is 15.3 Å². The summed E-state index contributed by atoms with van der Waals surface area (Å²) in [5.41, 5.74) is 3.07. The molecule has 2 aromatic carbocycles. The van der Waals surface area contributed by atoms with Gasteiger partial charge in [0.1, 0.15) is 6.17 Å². The lowest BCUT2D eigenvalue weighted by Gasteiger charge is -2.42. The fourth-order valence-corrected chi connectivity index (χ4v) is 2.92. The average Bonchev–Trinajstić information content (AvgIpc) is 3.08. The summed E-state index contributed by atoms with van der Waals surface area (Å²) in [6, 6.07) is 14.1. The van der Waals surface area contributed by atoms with E-state index in [2.05, 4.69) is 15.5 Å². The van der Waals surface area contributed by atoms with Crippen LogP contribution in [0.2, 0.25) is 5.02 Å². The fraction of sp³-hybridized carbons (Fsp3) is 0.0588. The highest BCUT2D eigenvalue weighted by Crippen LogP contribution is 2.36. The molecule has 7 heteroatoms. The normalized spacial score (nSPS) is 16.7. The molecule has 1 aliphatic rings. The number of aromatic nitrogens is 2. The van der Waals surface area contributed by atoms with Crippen molar-refractivity contribution in [1.29, 1.82) is 0 Å². The molecule has 0 saturated carbocycles. The van der Waals surface area contributed by atoms with Gasteiger partial charge in [-0.1, -0.05) is 35.9 Å². The van der Waals surface area contributed by atoms with E-state index in [1.807, 2.05) is 18.2 Å². The van der Waals surface area contributed by atoms with Gasteiger partial charge < -0.3 is 15.6 Å². The summed E-state index contributed by atoms with van der Waals surface area (Å²) in [5, 5.41) is 23.6. The first-order valence-corrected chi connectivity index (χ1v) is 7.68. The van der Waals surface area contributed by atoms with Crippen LogP contribution in [0.1, 0.15) is 22.1 Å². The van der Waals surface area contributed by atoms with Crippen LogP contribution in [0.3, 0.4) is 0 Å². The molecule has 1 aliphatic heterocycles. The maximum absolute atomic E-state index is 12.5. The predicted molar refractivity (Wildman–Crippen MR) is 91.4 cm³/mol. The second-order valence-corrected chi connectivity index (χ2v) is 5.87. The third kappa shape index (κ3) is 2.33. The fourth-order valence-electron chi connectivity index (χ4n) is 2.79. The Bertz CT molecular complexity index is 907. The molecule has 0 fully saturated rings. The molecule has 0 saturated heterocycles. The van der Waals surface area contributed by atoms with Gasteiger partial charge in [0.15, 0.2) is 0 Å². The number of aromatic amines is 1. The minimum Gasteiger partial charge on any atom is -0.754 e. The van der Waals surface area contributed by atoms with Gasteiger partial charge in [-0.2, -0.15) is 5.10 Å². The van der Waals surface area contributed by atoms with E-state index in [1.54, 1.807) is 36.5 Å². The van der Waals surface area contributed by atoms with Crippen LogP contribution < -0.4 is 5.32 Å². The van der Waals surface area contributed by atoms with Crippen LogP contribution in [-0.4, -0.2) is 21.2 Å². The zero-order chi connectivity index (χ0) is 16.7. The Hall–Kier alpha value is -2.83. The largest absolute Gasteiger partial charge is 0.754 e.